The summed E-state index contributed by atoms with van der Waals surface area (Å²) >= 11 is 3.52. The zero-order valence-electron chi connectivity index (χ0n) is 13.3. The topological polar surface area (TPSA) is 47.6 Å². The summed E-state index contributed by atoms with van der Waals surface area (Å²) in [6, 6.07) is 5.42. The van der Waals surface area contributed by atoms with Crippen molar-refractivity contribution in [3.63, 3.8) is 0 Å². The Kier molecular flexibility index (Phi) is 6.68. The molecule has 0 aromatic heterocycles. The van der Waals surface area contributed by atoms with Gasteiger partial charge in [-0.25, -0.2) is 0 Å². The smallest absolute Gasteiger partial charge is 0.323 e. The highest BCUT2D eigenvalue weighted by molar-refractivity contribution is 9.10. The Bertz CT molecular complexity index is 483. The minimum atomic E-state index is -0.475. The second-order valence-corrected chi connectivity index (χ2v) is 6.64. The molecular formula is C16H24BrNO3. The van der Waals surface area contributed by atoms with Crippen LogP contribution in [-0.2, 0) is 16.1 Å². The molecule has 1 N–H and O–H groups in total. The van der Waals surface area contributed by atoms with E-state index in [1.807, 2.05) is 45.9 Å². The lowest BCUT2D eigenvalue weighted by atomic mass is 10.1. The zero-order chi connectivity index (χ0) is 16.0. The normalized spacial score (nSPS) is 12.9. The van der Waals surface area contributed by atoms with Gasteiger partial charge in [0, 0.05) is 16.6 Å². The Labute approximate surface area is 135 Å². The highest BCUT2D eigenvalue weighted by Gasteiger charge is 2.21. The van der Waals surface area contributed by atoms with Crippen LogP contribution in [0.3, 0.4) is 0 Å². The average molecular weight is 358 g/mol. The van der Waals surface area contributed by atoms with Gasteiger partial charge in [-0.1, -0.05) is 22.0 Å². The Morgan fingerprint density at radius 3 is 2.62 bits per heavy atom. The molecule has 21 heavy (non-hydrogen) atoms. The van der Waals surface area contributed by atoms with Crippen LogP contribution in [0.2, 0.25) is 0 Å². The summed E-state index contributed by atoms with van der Waals surface area (Å²) in [5, 5.41) is 3.18. The van der Waals surface area contributed by atoms with Crippen LogP contribution in [-0.4, -0.2) is 24.2 Å². The predicted molar refractivity (Wildman–Crippen MR) is 87.5 cm³/mol. The van der Waals surface area contributed by atoms with Crippen molar-refractivity contribution in [3.8, 4) is 5.75 Å². The molecule has 5 heteroatoms. The van der Waals surface area contributed by atoms with Gasteiger partial charge in [-0.2, -0.15) is 0 Å². The van der Waals surface area contributed by atoms with Crippen LogP contribution in [0.1, 0.15) is 40.2 Å². The Morgan fingerprint density at radius 2 is 2.05 bits per heavy atom. The number of hydrogen-bond acceptors (Lipinski definition) is 4. The summed E-state index contributed by atoms with van der Waals surface area (Å²) in [6.07, 6.45) is 0. The van der Waals surface area contributed by atoms with Crippen molar-refractivity contribution in [3.05, 3.63) is 28.2 Å². The molecule has 1 aromatic carbocycles. The van der Waals surface area contributed by atoms with Gasteiger partial charge in [-0.15, -0.1) is 0 Å². The molecule has 1 atom stereocenters. The molecule has 1 rings (SSSR count). The lowest BCUT2D eigenvalue weighted by molar-refractivity contribution is -0.157. The molecule has 1 aromatic rings. The first-order chi connectivity index (χ1) is 9.74. The van der Waals surface area contributed by atoms with Crippen molar-refractivity contribution in [1.82, 2.24) is 5.32 Å². The van der Waals surface area contributed by atoms with Gasteiger partial charge in [0.1, 0.15) is 17.4 Å². The molecule has 0 saturated heterocycles. The standard InChI is InChI=1S/C16H24BrNO3/c1-6-20-14-9-7-8-13(17)12(14)10-18-11(2)15(19)21-16(3,4)5/h7-9,11,18H,6,10H2,1-5H3. The summed E-state index contributed by atoms with van der Waals surface area (Å²) in [5.41, 5.74) is 0.520. The molecule has 4 nitrogen and oxygen atoms in total. The second kappa shape index (κ2) is 7.80. The first-order valence-electron chi connectivity index (χ1n) is 7.11. The number of ether oxygens (including phenoxy) is 2. The SMILES string of the molecule is CCOc1cccc(Br)c1CNC(C)C(=O)OC(C)(C)C. The van der Waals surface area contributed by atoms with E-state index in [4.69, 9.17) is 9.47 Å². The third-order valence-electron chi connectivity index (χ3n) is 2.72. The van der Waals surface area contributed by atoms with Crippen molar-refractivity contribution in [2.24, 2.45) is 0 Å². The Morgan fingerprint density at radius 1 is 1.38 bits per heavy atom. The fraction of sp³-hybridized carbons (Fsp3) is 0.562. The van der Waals surface area contributed by atoms with Gasteiger partial charge in [-0.3, -0.25) is 4.79 Å². The quantitative estimate of drug-likeness (QED) is 0.789. The van der Waals surface area contributed by atoms with Crippen molar-refractivity contribution >= 4 is 21.9 Å². The molecule has 0 bridgehead atoms. The molecule has 0 aliphatic heterocycles. The number of nitrogens with one attached hydrogen (secondary N) is 1. The molecule has 0 radical (unpaired) electrons. The van der Waals surface area contributed by atoms with Crippen molar-refractivity contribution < 1.29 is 14.3 Å². The average Bonchev–Trinajstić information content (AvgIpc) is 2.36. The first-order valence-corrected chi connectivity index (χ1v) is 7.90. The summed E-state index contributed by atoms with van der Waals surface area (Å²) in [4.78, 5) is 11.9. The molecule has 0 aliphatic carbocycles. The summed E-state index contributed by atoms with van der Waals surface area (Å²) in [5.74, 6) is 0.559. The molecule has 0 heterocycles. The monoisotopic (exact) mass is 357 g/mol. The van der Waals surface area contributed by atoms with Crippen LogP contribution < -0.4 is 10.1 Å². The highest BCUT2D eigenvalue weighted by Crippen LogP contribution is 2.26. The van der Waals surface area contributed by atoms with Gasteiger partial charge in [0.15, 0.2) is 0 Å². The van der Waals surface area contributed by atoms with Gasteiger partial charge in [0.25, 0.3) is 0 Å². The second-order valence-electron chi connectivity index (χ2n) is 5.79. The first kappa shape index (κ1) is 18.0. The number of hydrogen-bond donors (Lipinski definition) is 1. The molecule has 0 spiro atoms. The molecule has 0 aliphatic rings. The molecular weight excluding hydrogens is 334 g/mol. The van der Waals surface area contributed by atoms with Crippen LogP contribution in [0.4, 0.5) is 0 Å². The number of benzene rings is 1. The third kappa shape index (κ3) is 6.06. The maximum atomic E-state index is 11.9. The Hall–Kier alpha value is -1.07. The zero-order valence-corrected chi connectivity index (χ0v) is 14.9. The number of carbonyl (C=O) groups excluding carboxylic acids is 1. The molecule has 118 valence electrons. The van der Waals surface area contributed by atoms with E-state index in [0.29, 0.717) is 13.2 Å². The number of esters is 1. The fourth-order valence-corrected chi connectivity index (χ4v) is 2.22. The summed E-state index contributed by atoms with van der Waals surface area (Å²) < 4.78 is 11.9. The van der Waals surface area contributed by atoms with E-state index in [0.717, 1.165) is 15.8 Å². The molecule has 1 unspecified atom stereocenters. The van der Waals surface area contributed by atoms with Crippen molar-refractivity contribution in [2.45, 2.75) is 52.8 Å². The van der Waals surface area contributed by atoms with E-state index in [-0.39, 0.29) is 12.0 Å². The van der Waals surface area contributed by atoms with E-state index in [9.17, 15) is 4.79 Å². The summed E-state index contributed by atoms with van der Waals surface area (Å²) in [7, 11) is 0. The van der Waals surface area contributed by atoms with Crippen LogP contribution in [0.15, 0.2) is 22.7 Å². The number of halogens is 1. The van der Waals surface area contributed by atoms with E-state index < -0.39 is 5.60 Å². The van der Waals surface area contributed by atoms with Crippen LogP contribution >= 0.6 is 15.9 Å². The maximum absolute atomic E-state index is 11.9. The fourth-order valence-electron chi connectivity index (χ4n) is 1.73. The molecule has 0 saturated carbocycles. The minimum Gasteiger partial charge on any atom is -0.494 e. The van der Waals surface area contributed by atoms with E-state index in [1.54, 1.807) is 6.92 Å². The lowest BCUT2D eigenvalue weighted by Gasteiger charge is -2.23. The largest absolute Gasteiger partial charge is 0.494 e. The third-order valence-corrected chi connectivity index (χ3v) is 3.46. The van der Waals surface area contributed by atoms with E-state index in [2.05, 4.69) is 21.2 Å². The van der Waals surface area contributed by atoms with E-state index in [1.165, 1.54) is 0 Å². The van der Waals surface area contributed by atoms with Crippen LogP contribution in [0.25, 0.3) is 0 Å². The van der Waals surface area contributed by atoms with Gasteiger partial charge >= 0.3 is 5.97 Å². The number of carbonyl (C=O) groups is 1. The van der Waals surface area contributed by atoms with Gasteiger partial charge in [0.2, 0.25) is 0 Å². The van der Waals surface area contributed by atoms with Crippen LogP contribution in [0, 0.1) is 0 Å². The number of rotatable bonds is 6. The molecule has 0 fully saturated rings. The van der Waals surface area contributed by atoms with E-state index >= 15 is 0 Å². The molecule has 0 amide bonds. The lowest BCUT2D eigenvalue weighted by Crippen LogP contribution is -2.39. The predicted octanol–water partition coefficient (Wildman–Crippen LogP) is 3.67. The van der Waals surface area contributed by atoms with Gasteiger partial charge < -0.3 is 14.8 Å². The van der Waals surface area contributed by atoms with Crippen molar-refractivity contribution in [2.75, 3.05) is 6.61 Å². The van der Waals surface area contributed by atoms with Gasteiger partial charge in [0.05, 0.1) is 6.61 Å². The highest BCUT2D eigenvalue weighted by atomic mass is 79.9. The minimum absolute atomic E-state index is 0.257. The Balaban J connectivity index is 2.68. The summed E-state index contributed by atoms with van der Waals surface area (Å²) in [6.45, 7) is 10.4. The van der Waals surface area contributed by atoms with Crippen LogP contribution in [0.5, 0.6) is 5.75 Å². The van der Waals surface area contributed by atoms with Gasteiger partial charge in [-0.05, 0) is 46.8 Å². The maximum Gasteiger partial charge on any atom is 0.323 e. The van der Waals surface area contributed by atoms with Crippen molar-refractivity contribution in [1.29, 1.82) is 0 Å².